The van der Waals surface area contributed by atoms with Crippen molar-refractivity contribution in [3.63, 3.8) is 0 Å². The Labute approximate surface area is 187 Å². The summed E-state index contributed by atoms with van der Waals surface area (Å²) in [4.78, 5) is 37.0. The molecule has 0 saturated carbocycles. The number of carbonyl (C=O) groups is 3. The van der Waals surface area contributed by atoms with Crippen molar-refractivity contribution in [1.29, 1.82) is 0 Å². The fourth-order valence-corrected chi connectivity index (χ4v) is 3.11. The average molecular weight is 444 g/mol. The third-order valence-corrected chi connectivity index (χ3v) is 4.88. The molecule has 0 spiro atoms. The maximum atomic E-state index is 12.9. The quantitative estimate of drug-likeness (QED) is 0.291. The molecule has 4 N–H and O–H groups in total. The molecule has 9 nitrogen and oxygen atoms in total. The Balaban J connectivity index is 2.03. The van der Waals surface area contributed by atoms with E-state index < -0.39 is 23.8 Å². The van der Waals surface area contributed by atoms with E-state index >= 15 is 0 Å². The molecular weight excluding hydrogens is 414 g/mol. The lowest BCUT2D eigenvalue weighted by Gasteiger charge is -2.22. The normalized spacial score (nSPS) is 12.2. The fraction of sp³-hybridized carbons (Fsp3) is 0.348. The van der Waals surface area contributed by atoms with Gasteiger partial charge in [0.25, 0.3) is 0 Å². The number of ether oxygens (including phenoxy) is 2. The minimum Gasteiger partial charge on any atom is -0.497 e. The van der Waals surface area contributed by atoms with Crippen LogP contribution in [0.1, 0.15) is 18.4 Å². The Kier molecular flexibility index (Phi) is 9.99. The van der Waals surface area contributed by atoms with E-state index in [4.69, 9.17) is 14.7 Å². The number of nitrogens with one attached hydrogen (secondary N) is 3. The molecular formula is C23H29N3O6. The number of carbonyl (C=O) groups excluding carboxylic acids is 3. The van der Waals surface area contributed by atoms with Crippen LogP contribution in [0.15, 0.2) is 54.6 Å². The van der Waals surface area contributed by atoms with Crippen LogP contribution in [0.5, 0.6) is 11.5 Å². The van der Waals surface area contributed by atoms with Crippen molar-refractivity contribution in [2.45, 2.75) is 25.3 Å². The van der Waals surface area contributed by atoms with Gasteiger partial charge in [0.15, 0.2) is 0 Å². The summed E-state index contributed by atoms with van der Waals surface area (Å²) in [5.74, 6) is -1.05. The SMILES string of the molecule is CNC(=O)[C@H](Cc1ccccc1)NC(=O)[C@H](CCOc1ccc(OC)cc1)CC(=O)NO. The second kappa shape index (κ2) is 13.0. The van der Waals surface area contributed by atoms with Crippen LogP contribution >= 0.6 is 0 Å². The third-order valence-electron chi connectivity index (χ3n) is 4.88. The number of hydroxylamine groups is 1. The topological polar surface area (TPSA) is 126 Å². The smallest absolute Gasteiger partial charge is 0.244 e. The summed E-state index contributed by atoms with van der Waals surface area (Å²) in [7, 11) is 3.06. The molecule has 0 radical (unpaired) electrons. The highest BCUT2D eigenvalue weighted by atomic mass is 16.5. The van der Waals surface area contributed by atoms with Crippen molar-refractivity contribution in [3.05, 3.63) is 60.2 Å². The summed E-state index contributed by atoms with van der Waals surface area (Å²) in [6.07, 6.45) is 0.255. The van der Waals surface area contributed by atoms with E-state index in [0.29, 0.717) is 17.9 Å². The molecule has 0 saturated heterocycles. The molecule has 0 aliphatic heterocycles. The first kappa shape index (κ1) is 24.7. The van der Waals surface area contributed by atoms with Gasteiger partial charge in [0.1, 0.15) is 17.5 Å². The van der Waals surface area contributed by atoms with E-state index in [9.17, 15) is 14.4 Å². The number of likely N-dealkylation sites (N-methyl/N-ethyl adjacent to an activating group) is 1. The maximum absolute atomic E-state index is 12.9. The van der Waals surface area contributed by atoms with Gasteiger partial charge < -0.3 is 20.1 Å². The minimum atomic E-state index is -0.808. The largest absolute Gasteiger partial charge is 0.497 e. The zero-order chi connectivity index (χ0) is 23.3. The Morgan fingerprint density at radius 2 is 1.62 bits per heavy atom. The van der Waals surface area contributed by atoms with Crippen LogP contribution in [0.4, 0.5) is 0 Å². The van der Waals surface area contributed by atoms with Crippen molar-refractivity contribution >= 4 is 17.7 Å². The second-order valence-electron chi connectivity index (χ2n) is 7.11. The van der Waals surface area contributed by atoms with Crippen LogP contribution in [-0.4, -0.2) is 49.7 Å². The summed E-state index contributed by atoms with van der Waals surface area (Å²) in [5.41, 5.74) is 2.43. The van der Waals surface area contributed by atoms with Crippen molar-refractivity contribution in [1.82, 2.24) is 16.1 Å². The van der Waals surface area contributed by atoms with Crippen LogP contribution in [0, 0.1) is 5.92 Å². The first-order valence-corrected chi connectivity index (χ1v) is 10.2. The summed E-state index contributed by atoms with van der Waals surface area (Å²) in [6.45, 7) is 0.159. The van der Waals surface area contributed by atoms with Gasteiger partial charge in [0.2, 0.25) is 17.7 Å². The zero-order valence-corrected chi connectivity index (χ0v) is 18.2. The molecule has 0 aliphatic rings. The highest BCUT2D eigenvalue weighted by Gasteiger charge is 2.27. The fourth-order valence-electron chi connectivity index (χ4n) is 3.11. The molecule has 0 unspecified atom stereocenters. The molecule has 3 amide bonds. The van der Waals surface area contributed by atoms with E-state index in [1.165, 1.54) is 7.05 Å². The number of hydrogen-bond acceptors (Lipinski definition) is 6. The number of hydrogen-bond donors (Lipinski definition) is 4. The Hall–Kier alpha value is -3.59. The van der Waals surface area contributed by atoms with Crippen LogP contribution in [0.2, 0.25) is 0 Å². The van der Waals surface area contributed by atoms with Gasteiger partial charge in [-0.15, -0.1) is 0 Å². The molecule has 0 fully saturated rings. The summed E-state index contributed by atoms with van der Waals surface area (Å²) in [6, 6.07) is 15.4. The number of methoxy groups -OCH3 is 1. The molecule has 0 heterocycles. The van der Waals surface area contributed by atoms with Gasteiger partial charge >= 0.3 is 0 Å². The van der Waals surface area contributed by atoms with Gasteiger partial charge in [-0.25, -0.2) is 5.48 Å². The molecule has 172 valence electrons. The van der Waals surface area contributed by atoms with E-state index in [1.54, 1.807) is 36.9 Å². The Morgan fingerprint density at radius 3 is 2.22 bits per heavy atom. The van der Waals surface area contributed by atoms with Crippen LogP contribution in [-0.2, 0) is 20.8 Å². The lowest BCUT2D eigenvalue weighted by molar-refractivity contribution is -0.136. The minimum absolute atomic E-state index is 0.159. The summed E-state index contributed by atoms with van der Waals surface area (Å²) in [5, 5.41) is 14.2. The Morgan fingerprint density at radius 1 is 0.969 bits per heavy atom. The second-order valence-corrected chi connectivity index (χ2v) is 7.11. The Bertz CT molecular complexity index is 873. The highest BCUT2D eigenvalue weighted by molar-refractivity contribution is 5.90. The maximum Gasteiger partial charge on any atom is 0.244 e. The van der Waals surface area contributed by atoms with Crippen molar-refractivity contribution in [2.24, 2.45) is 5.92 Å². The van der Waals surface area contributed by atoms with Gasteiger partial charge in [-0.1, -0.05) is 30.3 Å². The van der Waals surface area contributed by atoms with Crippen molar-refractivity contribution in [3.8, 4) is 11.5 Å². The zero-order valence-electron chi connectivity index (χ0n) is 18.2. The van der Waals surface area contributed by atoms with E-state index in [1.807, 2.05) is 30.3 Å². The van der Waals surface area contributed by atoms with E-state index in [-0.39, 0.29) is 25.4 Å². The number of rotatable bonds is 12. The molecule has 32 heavy (non-hydrogen) atoms. The highest BCUT2D eigenvalue weighted by Crippen LogP contribution is 2.18. The van der Waals surface area contributed by atoms with E-state index in [0.717, 1.165) is 5.56 Å². The van der Waals surface area contributed by atoms with Gasteiger partial charge in [-0.2, -0.15) is 0 Å². The third kappa shape index (κ3) is 7.92. The van der Waals surface area contributed by atoms with Crippen molar-refractivity contribution in [2.75, 3.05) is 20.8 Å². The first-order chi connectivity index (χ1) is 15.5. The van der Waals surface area contributed by atoms with Crippen LogP contribution in [0.3, 0.4) is 0 Å². The van der Waals surface area contributed by atoms with Gasteiger partial charge in [-0.3, -0.25) is 19.6 Å². The first-order valence-electron chi connectivity index (χ1n) is 10.2. The monoisotopic (exact) mass is 443 g/mol. The molecule has 2 aromatic carbocycles. The van der Waals surface area contributed by atoms with Gasteiger partial charge in [-0.05, 0) is 36.2 Å². The number of benzene rings is 2. The van der Waals surface area contributed by atoms with Crippen LogP contribution in [0.25, 0.3) is 0 Å². The molecule has 2 atom stereocenters. The molecule has 0 aromatic heterocycles. The molecule has 2 aromatic rings. The number of amides is 3. The van der Waals surface area contributed by atoms with Crippen molar-refractivity contribution < 1.29 is 29.1 Å². The van der Waals surface area contributed by atoms with Gasteiger partial charge in [0.05, 0.1) is 13.7 Å². The molecule has 0 aliphatic carbocycles. The van der Waals surface area contributed by atoms with Crippen LogP contribution < -0.4 is 25.6 Å². The van der Waals surface area contributed by atoms with Gasteiger partial charge in [0, 0.05) is 25.8 Å². The molecule has 2 rings (SSSR count). The lowest BCUT2D eigenvalue weighted by atomic mass is 9.98. The summed E-state index contributed by atoms with van der Waals surface area (Å²) < 4.78 is 10.8. The standard InChI is InChI=1S/C23H29N3O6/c1-24-23(29)20(14-16-6-4-3-5-7-16)25-22(28)17(15-21(27)26-30)12-13-32-19-10-8-18(31-2)9-11-19/h3-11,17,20,30H,12-15H2,1-2H3,(H,24,29)(H,25,28)(H,26,27)/t17-,20+/m1/s1. The predicted molar refractivity (Wildman–Crippen MR) is 117 cm³/mol. The average Bonchev–Trinajstić information content (AvgIpc) is 2.83. The lowest BCUT2D eigenvalue weighted by Crippen LogP contribution is -2.49. The van der Waals surface area contributed by atoms with E-state index in [2.05, 4.69) is 10.6 Å². The molecule has 9 heteroatoms. The summed E-state index contributed by atoms with van der Waals surface area (Å²) >= 11 is 0. The molecule has 0 bridgehead atoms. The predicted octanol–water partition coefficient (Wildman–Crippen LogP) is 1.45.